The van der Waals surface area contributed by atoms with E-state index in [0.29, 0.717) is 0 Å². The lowest BCUT2D eigenvalue weighted by atomic mass is 10.1. The summed E-state index contributed by atoms with van der Waals surface area (Å²) in [7, 11) is 0. The minimum absolute atomic E-state index is 0.0207. The van der Waals surface area contributed by atoms with Crippen LogP contribution in [0.15, 0.2) is 18.2 Å². The van der Waals surface area contributed by atoms with Crippen LogP contribution < -0.4 is 10.2 Å². The molecular formula is C12H14N2OS. The predicted molar refractivity (Wildman–Crippen MR) is 68.3 cm³/mol. The first-order valence-corrected chi connectivity index (χ1v) is 6.68. The van der Waals surface area contributed by atoms with E-state index in [1.165, 1.54) is 11.3 Å². The Bertz CT molecular complexity index is 447. The topological polar surface area (TPSA) is 32.3 Å². The lowest BCUT2D eigenvalue weighted by molar-refractivity contribution is -0.117. The fourth-order valence-electron chi connectivity index (χ4n) is 2.45. The van der Waals surface area contributed by atoms with Crippen LogP contribution in [-0.2, 0) is 4.79 Å². The smallest absolute Gasteiger partial charge is 0.247 e. The van der Waals surface area contributed by atoms with Crippen LogP contribution in [0.1, 0.15) is 5.56 Å². The van der Waals surface area contributed by atoms with E-state index < -0.39 is 0 Å². The molecule has 4 heteroatoms. The second kappa shape index (κ2) is 3.70. The molecule has 0 spiro atoms. The largest absolute Gasteiger partial charge is 0.356 e. The number of carbonyl (C=O) groups excluding carboxylic acids is 1. The summed E-state index contributed by atoms with van der Waals surface area (Å²) < 4.78 is 0. The van der Waals surface area contributed by atoms with Gasteiger partial charge in [0.15, 0.2) is 0 Å². The molecule has 0 aromatic heterocycles. The first-order valence-electron chi connectivity index (χ1n) is 5.52. The van der Waals surface area contributed by atoms with Crippen LogP contribution in [0, 0.1) is 6.92 Å². The molecule has 2 heterocycles. The van der Waals surface area contributed by atoms with Gasteiger partial charge >= 0.3 is 0 Å². The van der Waals surface area contributed by atoms with Gasteiger partial charge < -0.3 is 10.2 Å². The van der Waals surface area contributed by atoms with Crippen molar-refractivity contribution in [1.82, 2.24) is 0 Å². The van der Waals surface area contributed by atoms with Crippen molar-refractivity contribution in [2.45, 2.75) is 13.0 Å². The molecule has 2 aliphatic heterocycles. The monoisotopic (exact) mass is 234 g/mol. The zero-order valence-electron chi connectivity index (χ0n) is 9.19. The zero-order valence-corrected chi connectivity index (χ0v) is 10.0. The van der Waals surface area contributed by atoms with Crippen LogP contribution in [0.4, 0.5) is 11.4 Å². The van der Waals surface area contributed by atoms with Crippen molar-refractivity contribution in [1.29, 1.82) is 0 Å². The molecule has 16 heavy (non-hydrogen) atoms. The van der Waals surface area contributed by atoms with Crippen LogP contribution in [0.3, 0.4) is 0 Å². The molecule has 3 rings (SSSR count). The fraction of sp³-hybridized carbons (Fsp3) is 0.417. The number of hydrogen-bond donors (Lipinski definition) is 1. The van der Waals surface area contributed by atoms with E-state index >= 15 is 0 Å². The number of para-hydroxylation sites is 1. The molecule has 1 aromatic carbocycles. The number of hydrogen-bond acceptors (Lipinski definition) is 3. The Morgan fingerprint density at radius 3 is 3.25 bits per heavy atom. The summed E-state index contributed by atoms with van der Waals surface area (Å²) in [6.45, 7) is 3.08. The summed E-state index contributed by atoms with van der Waals surface area (Å²) >= 11 is 1.86. The molecule has 1 N–H and O–H groups in total. The average molecular weight is 234 g/mol. The van der Waals surface area contributed by atoms with Crippen molar-refractivity contribution in [2.75, 3.05) is 28.3 Å². The fourth-order valence-corrected chi connectivity index (χ4v) is 3.49. The van der Waals surface area contributed by atoms with E-state index in [9.17, 15) is 4.79 Å². The van der Waals surface area contributed by atoms with Crippen molar-refractivity contribution in [3.63, 3.8) is 0 Å². The minimum atomic E-state index is 0.0207. The molecule has 0 radical (unpaired) electrons. The zero-order chi connectivity index (χ0) is 11.1. The lowest BCUT2D eigenvalue weighted by Gasteiger charge is -2.41. The molecule has 2 aliphatic rings. The molecule has 0 aliphatic carbocycles. The van der Waals surface area contributed by atoms with Crippen molar-refractivity contribution >= 4 is 29.0 Å². The SMILES string of the molecule is Cc1cccc2c1N1CCSCC1C(=O)N2. The standard InChI is InChI=1S/C12H14N2OS/c1-8-3-2-4-9-11(8)14-5-6-16-7-10(14)12(15)13-9/h2-4,10H,5-7H2,1H3,(H,13,15). The van der Waals surface area contributed by atoms with Gasteiger partial charge in [-0.15, -0.1) is 0 Å². The molecule has 3 nitrogen and oxygen atoms in total. The maximum atomic E-state index is 11.9. The minimum Gasteiger partial charge on any atom is -0.356 e. The maximum absolute atomic E-state index is 11.9. The Morgan fingerprint density at radius 1 is 1.50 bits per heavy atom. The van der Waals surface area contributed by atoms with Gasteiger partial charge in [0, 0.05) is 18.1 Å². The summed E-state index contributed by atoms with van der Waals surface area (Å²) in [6, 6.07) is 6.10. The lowest BCUT2D eigenvalue weighted by Crippen LogP contribution is -2.53. The molecule has 1 unspecified atom stereocenters. The molecule has 1 saturated heterocycles. The number of carbonyl (C=O) groups is 1. The van der Waals surface area contributed by atoms with Crippen LogP contribution >= 0.6 is 11.8 Å². The number of nitrogens with zero attached hydrogens (tertiary/aromatic N) is 1. The second-order valence-corrected chi connectivity index (χ2v) is 5.39. The molecule has 1 aromatic rings. The Balaban J connectivity index is 2.11. The number of aryl methyl sites for hydroxylation is 1. The van der Waals surface area contributed by atoms with E-state index in [1.807, 2.05) is 23.9 Å². The van der Waals surface area contributed by atoms with Gasteiger partial charge in [-0.2, -0.15) is 11.8 Å². The van der Waals surface area contributed by atoms with E-state index in [0.717, 1.165) is 23.7 Å². The van der Waals surface area contributed by atoms with E-state index in [2.05, 4.69) is 23.2 Å². The molecular weight excluding hydrogens is 220 g/mol. The van der Waals surface area contributed by atoms with Gasteiger partial charge in [0.2, 0.25) is 5.91 Å². The first kappa shape index (κ1) is 10.0. The molecule has 1 atom stereocenters. The normalized spacial score (nSPS) is 23.4. The second-order valence-electron chi connectivity index (χ2n) is 4.24. The highest BCUT2D eigenvalue weighted by atomic mass is 32.2. The van der Waals surface area contributed by atoms with E-state index in [-0.39, 0.29) is 11.9 Å². The van der Waals surface area contributed by atoms with Gasteiger partial charge in [-0.1, -0.05) is 12.1 Å². The third-order valence-electron chi connectivity index (χ3n) is 3.21. The number of fused-ring (bicyclic) bond motifs is 3. The average Bonchev–Trinajstić information content (AvgIpc) is 2.29. The summed E-state index contributed by atoms with van der Waals surface area (Å²) in [6.07, 6.45) is 0. The first-order chi connectivity index (χ1) is 7.77. The number of amides is 1. The van der Waals surface area contributed by atoms with Crippen LogP contribution in [0.25, 0.3) is 0 Å². The van der Waals surface area contributed by atoms with Gasteiger partial charge in [-0.25, -0.2) is 0 Å². The number of rotatable bonds is 0. The molecule has 84 valence electrons. The van der Waals surface area contributed by atoms with Gasteiger partial charge in [0.05, 0.1) is 11.4 Å². The Labute approximate surface area is 99.2 Å². The van der Waals surface area contributed by atoms with Crippen LogP contribution in [0.5, 0.6) is 0 Å². The number of benzene rings is 1. The number of thioether (sulfide) groups is 1. The predicted octanol–water partition coefficient (Wildman–Crippen LogP) is 1.87. The molecule has 0 saturated carbocycles. The van der Waals surface area contributed by atoms with Gasteiger partial charge in [0.1, 0.15) is 6.04 Å². The molecule has 1 amide bonds. The van der Waals surface area contributed by atoms with E-state index in [4.69, 9.17) is 0 Å². The van der Waals surface area contributed by atoms with Gasteiger partial charge in [-0.05, 0) is 18.6 Å². The third-order valence-corrected chi connectivity index (χ3v) is 4.24. The highest BCUT2D eigenvalue weighted by Gasteiger charge is 2.35. The van der Waals surface area contributed by atoms with Gasteiger partial charge in [0.25, 0.3) is 0 Å². The Kier molecular flexibility index (Phi) is 2.32. The highest BCUT2D eigenvalue weighted by molar-refractivity contribution is 7.99. The molecule has 0 bridgehead atoms. The Morgan fingerprint density at radius 2 is 2.38 bits per heavy atom. The van der Waals surface area contributed by atoms with Crippen LogP contribution in [-0.4, -0.2) is 30.0 Å². The maximum Gasteiger partial charge on any atom is 0.247 e. The quantitative estimate of drug-likeness (QED) is 0.744. The third kappa shape index (κ3) is 1.40. The number of anilines is 2. The highest BCUT2D eigenvalue weighted by Crippen LogP contribution is 2.37. The van der Waals surface area contributed by atoms with Crippen LogP contribution in [0.2, 0.25) is 0 Å². The van der Waals surface area contributed by atoms with Gasteiger partial charge in [-0.3, -0.25) is 4.79 Å². The van der Waals surface area contributed by atoms with Crippen molar-refractivity contribution in [2.24, 2.45) is 0 Å². The Hall–Kier alpha value is -1.16. The summed E-state index contributed by atoms with van der Waals surface area (Å²) in [5, 5.41) is 3.01. The molecule has 1 fully saturated rings. The summed E-state index contributed by atoms with van der Waals surface area (Å²) in [5.74, 6) is 2.15. The number of nitrogens with one attached hydrogen (secondary N) is 1. The van der Waals surface area contributed by atoms with E-state index in [1.54, 1.807) is 0 Å². The van der Waals surface area contributed by atoms with Crippen molar-refractivity contribution in [3.8, 4) is 0 Å². The summed E-state index contributed by atoms with van der Waals surface area (Å²) in [4.78, 5) is 14.2. The van der Waals surface area contributed by atoms with Crippen molar-refractivity contribution < 1.29 is 4.79 Å². The van der Waals surface area contributed by atoms with Crippen molar-refractivity contribution in [3.05, 3.63) is 23.8 Å². The summed E-state index contributed by atoms with van der Waals surface area (Å²) in [5.41, 5.74) is 3.43.